The molecule has 28 heavy (non-hydrogen) atoms. The molecule has 0 saturated heterocycles. The van der Waals surface area contributed by atoms with Gasteiger partial charge in [-0.3, -0.25) is 4.98 Å². The average molecular weight is 372 g/mol. The summed E-state index contributed by atoms with van der Waals surface area (Å²) >= 11 is 0. The van der Waals surface area contributed by atoms with Crippen molar-refractivity contribution < 1.29 is 9.15 Å². The topological polar surface area (TPSA) is 73.1 Å². The monoisotopic (exact) mass is 372 g/mol. The molecule has 3 aromatic heterocycles. The van der Waals surface area contributed by atoms with Gasteiger partial charge in [0.2, 0.25) is 0 Å². The molecule has 0 radical (unpaired) electrons. The van der Waals surface area contributed by atoms with Gasteiger partial charge in [0.05, 0.1) is 25.6 Å². The van der Waals surface area contributed by atoms with Crippen molar-refractivity contribution in [1.29, 1.82) is 0 Å². The second kappa shape index (κ2) is 7.92. The molecule has 140 valence electrons. The third-order valence-corrected chi connectivity index (χ3v) is 4.32. The van der Waals surface area contributed by atoms with E-state index < -0.39 is 0 Å². The molecule has 0 amide bonds. The molecule has 0 aliphatic rings. The SMILES string of the molecule is COc1ccc(-c2cncc(-c3cc(NCc4ccco4)nc(C)n3)c2)cc1. The number of ether oxygens (including phenoxy) is 1. The molecule has 6 nitrogen and oxygen atoms in total. The number of hydrogen-bond donors (Lipinski definition) is 1. The first-order chi connectivity index (χ1) is 13.7. The first-order valence-electron chi connectivity index (χ1n) is 8.93. The Hall–Kier alpha value is -3.67. The third-order valence-electron chi connectivity index (χ3n) is 4.32. The van der Waals surface area contributed by atoms with E-state index in [1.54, 1.807) is 13.4 Å². The van der Waals surface area contributed by atoms with E-state index in [0.29, 0.717) is 12.4 Å². The van der Waals surface area contributed by atoms with Crippen LogP contribution in [0.5, 0.6) is 5.75 Å². The molecular weight excluding hydrogens is 352 g/mol. The molecular formula is C22H20N4O2. The summed E-state index contributed by atoms with van der Waals surface area (Å²) in [4.78, 5) is 13.4. The van der Waals surface area contributed by atoms with Gasteiger partial charge in [-0.15, -0.1) is 0 Å². The Morgan fingerprint density at radius 2 is 1.79 bits per heavy atom. The highest BCUT2D eigenvalue weighted by atomic mass is 16.5. The Labute approximate surface area is 163 Å². The number of methoxy groups -OCH3 is 1. The zero-order valence-electron chi connectivity index (χ0n) is 15.7. The normalized spacial score (nSPS) is 10.6. The molecule has 1 N–H and O–H groups in total. The van der Waals surface area contributed by atoms with E-state index >= 15 is 0 Å². The minimum atomic E-state index is 0.563. The zero-order chi connectivity index (χ0) is 19.3. The summed E-state index contributed by atoms with van der Waals surface area (Å²) in [6.07, 6.45) is 5.31. The number of nitrogens with zero attached hydrogens (tertiary/aromatic N) is 3. The highest BCUT2D eigenvalue weighted by molar-refractivity contribution is 5.71. The first-order valence-corrected chi connectivity index (χ1v) is 8.93. The van der Waals surface area contributed by atoms with E-state index in [1.807, 2.05) is 61.8 Å². The third kappa shape index (κ3) is 4.01. The summed E-state index contributed by atoms with van der Waals surface area (Å²) in [5, 5.41) is 3.28. The minimum Gasteiger partial charge on any atom is -0.497 e. The zero-order valence-corrected chi connectivity index (χ0v) is 15.7. The van der Waals surface area contributed by atoms with Crippen molar-refractivity contribution in [2.24, 2.45) is 0 Å². The number of benzene rings is 1. The quantitative estimate of drug-likeness (QED) is 0.528. The Morgan fingerprint density at radius 3 is 2.54 bits per heavy atom. The van der Waals surface area contributed by atoms with Crippen LogP contribution in [0.15, 0.2) is 71.6 Å². The molecule has 4 rings (SSSR count). The van der Waals surface area contributed by atoms with Gasteiger partial charge in [0.1, 0.15) is 23.2 Å². The van der Waals surface area contributed by atoms with Gasteiger partial charge in [-0.2, -0.15) is 0 Å². The molecule has 0 saturated carbocycles. The lowest BCUT2D eigenvalue weighted by Crippen LogP contribution is -2.03. The maximum atomic E-state index is 5.36. The van der Waals surface area contributed by atoms with E-state index in [9.17, 15) is 0 Å². The number of rotatable bonds is 6. The summed E-state index contributed by atoms with van der Waals surface area (Å²) in [5.74, 6) is 3.11. The second-order valence-corrected chi connectivity index (χ2v) is 6.31. The average Bonchev–Trinajstić information content (AvgIpc) is 3.26. The lowest BCUT2D eigenvalue weighted by atomic mass is 10.0. The van der Waals surface area contributed by atoms with Crippen LogP contribution in [-0.2, 0) is 6.54 Å². The highest BCUT2D eigenvalue weighted by Crippen LogP contribution is 2.27. The van der Waals surface area contributed by atoms with Crippen LogP contribution in [0.1, 0.15) is 11.6 Å². The van der Waals surface area contributed by atoms with Crippen molar-refractivity contribution in [2.45, 2.75) is 13.5 Å². The van der Waals surface area contributed by atoms with E-state index in [-0.39, 0.29) is 0 Å². The summed E-state index contributed by atoms with van der Waals surface area (Å²) in [5.41, 5.74) is 3.83. The summed E-state index contributed by atoms with van der Waals surface area (Å²) < 4.78 is 10.6. The van der Waals surface area contributed by atoms with E-state index in [1.165, 1.54) is 0 Å². The van der Waals surface area contributed by atoms with E-state index in [0.717, 1.165) is 39.7 Å². The molecule has 6 heteroatoms. The first kappa shape index (κ1) is 17.7. The Morgan fingerprint density at radius 1 is 0.964 bits per heavy atom. The van der Waals surface area contributed by atoms with E-state index in [2.05, 4.69) is 26.3 Å². The maximum Gasteiger partial charge on any atom is 0.130 e. The second-order valence-electron chi connectivity index (χ2n) is 6.31. The van der Waals surface area contributed by atoms with Crippen LogP contribution < -0.4 is 10.1 Å². The van der Waals surface area contributed by atoms with Crippen LogP contribution in [0, 0.1) is 6.92 Å². The van der Waals surface area contributed by atoms with Gasteiger partial charge in [0.15, 0.2) is 0 Å². The van der Waals surface area contributed by atoms with Crippen molar-refractivity contribution >= 4 is 5.82 Å². The molecule has 4 aromatic rings. The van der Waals surface area contributed by atoms with Crippen molar-refractivity contribution in [1.82, 2.24) is 15.0 Å². The van der Waals surface area contributed by atoms with Crippen LogP contribution >= 0.6 is 0 Å². The number of pyridine rings is 1. The number of aromatic nitrogens is 3. The predicted molar refractivity (Wildman–Crippen MR) is 108 cm³/mol. The molecule has 0 bridgehead atoms. The maximum absolute atomic E-state index is 5.36. The Balaban J connectivity index is 1.61. The Bertz CT molecular complexity index is 1060. The minimum absolute atomic E-state index is 0.563. The molecule has 0 unspecified atom stereocenters. The number of nitrogens with one attached hydrogen (secondary N) is 1. The fourth-order valence-corrected chi connectivity index (χ4v) is 2.92. The van der Waals surface area contributed by atoms with Gasteiger partial charge in [-0.05, 0) is 42.8 Å². The summed E-state index contributed by atoms with van der Waals surface area (Å²) in [6.45, 7) is 2.44. The van der Waals surface area contributed by atoms with Gasteiger partial charge < -0.3 is 14.5 Å². The number of furan rings is 1. The molecule has 3 heterocycles. The van der Waals surface area contributed by atoms with Crippen LogP contribution in [0.2, 0.25) is 0 Å². The van der Waals surface area contributed by atoms with Gasteiger partial charge in [-0.1, -0.05) is 12.1 Å². The number of aryl methyl sites for hydroxylation is 1. The van der Waals surface area contributed by atoms with Crippen LogP contribution in [0.25, 0.3) is 22.4 Å². The van der Waals surface area contributed by atoms with Crippen molar-refractivity contribution in [3.05, 3.63) is 78.8 Å². The van der Waals surface area contributed by atoms with Crippen LogP contribution in [0.3, 0.4) is 0 Å². The fourth-order valence-electron chi connectivity index (χ4n) is 2.92. The highest BCUT2D eigenvalue weighted by Gasteiger charge is 2.08. The molecule has 0 atom stereocenters. The van der Waals surface area contributed by atoms with Gasteiger partial charge in [-0.25, -0.2) is 9.97 Å². The Kier molecular flexibility index (Phi) is 5.01. The van der Waals surface area contributed by atoms with Crippen LogP contribution in [-0.4, -0.2) is 22.1 Å². The molecule has 0 fully saturated rings. The fraction of sp³-hybridized carbons (Fsp3) is 0.136. The van der Waals surface area contributed by atoms with Crippen molar-refractivity contribution in [2.75, 3.05) is 12.4 Å². The molecule has 0 spiro atoms. The van der Waals surface area contributed by atoms with E-state index in [4.69, 9.17) is 9.15 Å². The number of anilines is 1. The largest absolute Gasteiger partial charge is 0.497 e. The molecule has 1 aromatic carbocycles. The van der Waals surface area contributed by atoms with Crippen molar-refractivity contribution in [3.8, 4) is 28.1 Å². The van der Waals surface area contributed by atoms with Crippen LogP contribution in [0.4, 0.5) is 5.82 Å². The van der Waals surface area contributed by atoms with Crippen molar-refractivity contribution in [3.63, 3.8) is 0 Å². The van der Waals surface area contributed by atoms with Gasteiger partial charge in [0.25, 0.3) is 0 Å². The summed E-state index contributed by atoms with van der Waals surface area (Å²) in [7, 11) is 1.66. The smallest absolute Gasteiger partial charge is 0.130 e. The lowest BCUT2D eigenvalue weighted by Gasteiger charge is -2.09. The standard InChI is InChI=1S/C22H20N4O2/c1-15-25-21(11-22(26-15)24-14-20-4-3-9-28-20)18-10-17(12-23-13-18)16-5-7-19(27-2)8-6-16/h3-13H,14H2,1-2H3,(H,24,25,26). The van der Waals surface area contributed by atoms with Gasteiger partial charge >= 0.3 is 0 Å². The summed E-state index contributed by atoms with van der Waals surface area (Å²) in [6, 6.07) is 15.7. The molecule has 0 aliphatic heterocycles. The molecule has 0 aliphatic carbocycles. The van der Waals surface area contributed by atoms with Gasteiger partial charge in [0, 0.05) is 29.6 Å². The lowest BCUT2D eigenvalue weighted by molar-refractivity contribution is 0.415. The number of hydrogen-bond acceptors (Lipinski definition) is 6. The predicted octanol–water partition coefficient (Wildman–Crippen LogP) is 4.73.